The third-order valence-corrected chi connectivity index (χ3v) is 2.98. The van der Waals surface area contributed by atoms with E-state index < -0.39 is 6.09 Å². The van der Waals surface area contributed by atoms with Crippen LogP contribution in [0.2, 0.25) is 0 Å². The van der Waals surface area contributed by atoms with E-state index in [-0.39, 0.29) is 11.1 Å². The van der Waals surface area contributed by atoms with Crippen molar-refractivity contribution in [3.05, 3.63) is 0 Å². The van der Waals surface area contributed by atoms with Crippen molar-refractivity contribution < 1.29 is 9.90 Å². The first-order valence-electron chi connectivity index (χ1n) is 4.81. The van der Waals surface area contributed by atoms with Gasteiger partial charge in [0.15, 0.2) is 0 Å². The SMILES string of the molecule is CC1(C)CCCC(C)(C)N1C(=O)O. The van der Waals surface area contributed by atoms with Crippen LogP contribution in [-0.2, 0) is 0 Å². The highest BCUT2D eigenvalue weighted by molar-refractivity contribution is 5.67. The standard InChI is InChI=1S/C10H19NO2/c1-9(2)6-5-7-10(3,4)11(9)8(12)13/h5-7H2,1-4H3,(H,12,13). The highest BCUT2D eigenvalue weighted by atomic mass is 16.4. The summed E-state index contributed by atoms with van der Waals surface area (Å²) in [6.07, 6.45) is 2.24. The molecule has 1 aliphatic rings. The van der Waals surface area contributed by atoms with Crippen LogP contribution in [0.3, 0.4) is 0 Å². The van der Waals surface area contributed by atoms with Crippen molar-refractivity contribution in [2.24, 2.45) is 0 Å². The molecule has 1 rings (SSSR count). The molecule has 0 aromatic rings. The molecule has 1 heterocycles. The Morgan fingerprint density at radius 1 is 1.15 bits per heavy atom. The maximum atomic E-state index is 11.1. The highest BCUT2D eigenvalue weighted by Crippen LogP contribution is 2.37. The fourth-order valence-corrected chi connectivity index (χ4v) is 2.51. The summed E-state index contributed by atoms with van der Waals surface area (Å²) in [6, 6.07) is 0. The average Bonchev–Trinajstić information content (AvgIpc) is 1.79. The molecule has 1 N–H and O–H groups in total. The first-order chi connectivity index (χ1) is 5.77. The average molecular weight is 185 g/mol. The van der Waals surface area contributed by atoms with Gasteiger partial charge < -0.3 is 5.11 Å². The molecule has 1 fully saturated rings. The maximum Gasteiger partial charge on any atom is 0.408 e. The van der Waals surface area contributed by atoms with Crippen molar-refractivity contribution >= 4 is 6.09 Å². The van der Waals surface area contributed by atoms with Gasteiger partial charge in [0.25, 0.3) is 0 Å². The van der Waals surface area contributed by atoms with Gasteiger partial charge in [-0.15, -0.1) is 0 Å². The number of likely N-dealkylation sites (tertiary alicyclic amines) is 1. The minimum absolute atomic E-state index is 0.215. The van der Waals surface area contributed by atoms with Crippen LogP contribution in [-0.4, -0.2) is 27.2 Å². The molecule has 13 heavy (non-hydrogen) atoms. The van der Waals surface area contributed by atoms with E-state index in [1.807, 2.05) is 27.7 Å². The van der Waals surface area contributed by atoms with Gasteiger partial charge in [0, 0.05) is 11.1 Å². The number of amides is 1. The number of carboxylic acid groups (broad SMARTS) is 1. The Labute approximate surface area is 79.7 Å². The van der Waals surface area contributed by atoms with Crippen molar-refractivity contribution in [3.63, 3.8) is 0 Å². The minimum Gasteiger partial charge on any atom is -0.465 e. The molecule has 0 aromatic carbocycles. The molecule has 0 aromatic heterocycles. The molecule has 76 valence electrons. The first kappa shape index (κ1) is 10.4. The lowest BCUT2D eigenvalue weighted by Gasteiger charge is -2.51. The van der Waals surface area contributed by atoms with E-state index in [9.17, 15) is 4.79 Å². The Hall–Kier alpha value is -0.730. The fraction of sp³-hybridized carbons (Fsp3) is 0.900. The van der Waals surface area contributed by atoms with E-state index in [1.54, 1.807) is 4.90 Å². The summed E-state index contributed by atoms with van der Waals surface area (Å²) in [5.74, 6) is 0. The summed E-state index contributed by atoms with van der Waals surface area (Å²) in [4.78, 5) is 12.7. The summed E-state index contributed by atoms with van der Waals surface area (Å²) < 4.78 is 0. The van der Waals surface area contributed by atoms with Crippen LogP contribution in [0.15, 0.2) is 0 Å². The molecule has 0 unspecified atom stereocenters. The molecule has 1 amide bonds. The van der Waals surface area contributed by atoms with Crippen LogP contribution in [0.1, 0.15) is 47.0 Å². The largest absolute Gasteiger partial charge is 0.465 e. The minimum atomic E-state index is -0.797. The lowest BCUT2D eigenvalue weighted by atomic mass is 9.80. The van der Waals surface area contributed by atoms with Gasteiger partial charge in [0.2, 0.25) is 0 Å². The second-order valence-electron chi connectivity index (χ2n) is 5.10. The second kappa shape index (κ2) is 2.89. The Morgan fingerprint density at radius 2 is 1.54 bits per heavy atom. The third kappa shape index (κ3) is 1.79. The summed E-state index contributed by atoms with van der Waals surface area (Å²) in [5, 5.41) is 9.14. The predicted molar refractivity (Wildman–Crippen MR) is 51.9 cm³/mol. The Balaban J connectivity index is 2.98. The van der Waals surface area contributed by atoms with Crippen molar-refractivity contribution in [1.29, 1.82) is 0 Å². The number of hydrogen-bond acceptors (Lipinski definition) is 1. The molecule has 3 heteroatoms. The number of nitrogens with zero attached hydrogens (tertiary/aromatic N) is 1. The molecular formula is C10H19NO2. The molecule has 0 saturated carbocycles. The number of rotatable bonds is 0. The van der Waals surface area contributed by atoms with E-state index in [0.29, 0.717) is 0 Å². The Kier molecular flexibility index (Phi) is 2.30. The normalized spacial score (nSPS) is 25.7. The van der Waals surface area contributed by atoms with Gasteiger partial charge in [-0.25, -0.2) is 4.79 Å². The summed E-state index contributed by atoms with van der Waals surface area (Å²) in [7, 11) is 0. The zero-order valence-corrected chi connectivity index (χ0v) is 8.92. The van der Waals surface area contributed by atoms with Gasteiger partial charge >= 0.3 is 6.09 Å². The molecule has 0 atom stereocenters. The van der Waals surface area contributed by atoms with Gasteiger partial charge in [0.05, 0.1) is 0 Å². The number of carbonyl (C=O) groups is 1. The van der Waals surface area contributed by atoms with E-state index in [1.165, 1.54) is 0 Å². The van der Waals surface area contributed by atoms with Crippen LogP contribution in [0.4, 0.5) is 4.79 Å². The van der Waals surface area contributed by atoms with Crippen molar-refractivity contribution in [2.45, 2.75) is 58.0 Å². The van der Waals surface area contributed by atoms with Gasteiger partial charge in [0.1, 0.15) is 0 Å². The topological polar surface area (TPSA) is 40.5 Å². The van der Waals surface area contributed by atoms with Crippen LogP contribution >= 0.6 is 0 Å². The lowest BCUT2D eigenvalue weighted by Crippen LogP contribution is -2.60. The van der Waals surface area contributed by atoms with E-state index in [2.05, 4.69) is 0 Å². The van der Waals surface area contributed by atoms with Crippen LogP contribution in [0.25, 0.3) is 0 Å². The van der Waals surface area contributed by atoms with Crippen molar-refractivity contribution in [1.82, 2.24) is 4.90 Å². The van der Waals surface area contributed by atoms with Gasteiger partial charge in [-0.1, -0.05) is 0 Å². The first-order valence-corrected chi connectivity index (χ1v) is 4.81. The smallest absolute Gasteiger partial charge is 0.408 e. The molecule has 0 bridgehead atoms. The van der Waals surface area contributed by atoms with Crippen molar-refractivity contribution in [3.8, 4) is 0 Å². The molecular weight excluding hydrogens is 166 g/mol. The zero-order valence-electron chi connectivity index (χ0n) is 8.92. The van der Waals surface area contributed by atoms with E-state index in [4.69, 9.17) is 5.11 Å². The lowest BCUT2D eigenvalue weighted by molar-refractivity contribution is -0.0101. The molecule has 3 nitrogen and oxygen atoms in total. The maximum absolute atomic E-state index is 11.1. The highest BCUT2D eigenvalue weighted by Gasteiger charge is 2.44. The molecule has 0 spiro atoms. The van der Waals surface area contributed by atoms with Gasteiger partial charge in [-0.05, 0) is 47.0 Å². The van der Waals surface area contributed by atoms with E-state index in [0.717, 1.165) is 19.3 Å². The van der Waals surface area contributed by atoms with Crippen LogP contribution in [0, 0.1) is 0 Å². The second-order valence-corrected chi connectivity index (χ2v) is 5.10. The quantitative estimate of drug-likeness (QED) is 0.630. The molecule has 0 radical (unpaired) electrons. The van der Waals surface area contributed by atoms with Crippen LogP contribution < -0.4 is 0 Å². The fourth-order valence-electron chi connectivity index (χ4n) is 2.51. The zero-order chi connectivity index (χ0) is 10.3. The molecule has 1 saturated heterocycles. The monoisotopic (exact) mass is 185 g/mol. The summed E-state index contributed by atoms with van der Waals surface area (Å²) in [5.41, 5.74) is -0.429. The Bertz CT molecular complexity index is 205. The molecule has 1 aliphatic heterocycles. The van der Waals surface area contributed by atoms with Crippen LogP contribution in [0.5, 0.6) is 0 Å². The third-order valence-electron chi connectivity index (χ3n) is 2.98. The van der Waals surface area contributed by atoms with Gasteiger partial charge in [-0.2, -0.15) is 0 Å². The Morgan fingerprint density at radius 3 is 1.77 bits per heavy atom. The summed E-state index contributed by atoms with van der Waals surface area (Å²) >= 11 is 0. The predicted octanol–water partition coefficient (Wildman–Crippen LogP) is 2.71. The number of piperidine rings is 1. The summed E-state index contributed by atoms with van der Waals surface area (Å²) in [6.45, 7) is 8.01. The van der Waals surface area contributed by atoms with Gasteiger partial charge in [-0.3, -0.25) is 4.90 Å². The van der Waals surface area contributed by atoms with Crippen molar-refractivity contribution in [2.75, 3.05) is 0 Å². The number of hydrogen-bond donors (Lipinski definition) is 1. The van der Waals surface area contributed by atoms with E-state index >= 15 is 0 Å². The molecule has 0 aliphatic carbocycles.